The maximum Gasteiger partial charge on any atom is 0.197 e. The summed E-state index contributed by atoms with van der Waals surface area (Å²) in [5, 5.41) is 0. The molecular weight excluding hydrogens is 326 g/mol. The van der Waals surface area contributed by atoms with Crippen molar-refractivity contribution in [2.24, 2.45) is 0 Å². The zero-order valence-electron chi connectivity index (χ0n) is 15.2. The summed E-state index contributed by atoms with van der Waals surface area (Å²) in [6.45, 7) is 3.04. The minimum absolute atomic E-state index is 0.161. The zero-order valence-corrected chi connectivity index (χ0v) is 15.2. The minimum atomic E-state index is 0.161. The van der Waals surface area contributed by atoms with E-state index < -0.39 is 0 Å². The second-order valence-electron chi connectivity index (χ2n) is 6.54. The Bertz CT molecular complexity index is 911. The smallest absolute Gasteiger partial charge is 0.197 e. The van der Waals surface area contributed by atoms with Gasteiger partial charge in [-0.2, -0.15) is 0 Å². The fourth-order valence-electron chi connectivity index (χ4n) is 3.22. The highest BCUT2D eigenvalue weighted by molar-refractivity contribution is 5.52. The highest BCUT2D eigenvalue weighted by Crippen LogP contribution is 2.32. The minimum Gasteiger partial charge on any atom is -0.363 e. The molecule has 0 fully saturated rings. The summed E-state index contributed by atoms with van der Waals surface area (Å²) in [7, 11) is 4.00. The fraction of sp³-hybridized carbons (Fsp3) is 0.316. The molecule has 0 spiro atoms. The fourth-order valence-corrected chi connectivity index (χ4v) is 3.22. The Kier molecular flexibility index (Phi) is 4.20. The van der Waals surface area contributed by atoms with Gasteiger partial charge in [-0.1, -0.05) is 6.07 Å². The van der Waals surface area contributed by atoms with Gasteiger partial charge in [0, 0.05) is 51.2 Å². The second-order valence-corrected chi connectivity index (χ2v) is 6.54. The number of hydrogen-bond donors (Lipinski definition) is 0. The van der Waals surface area contributed by atoms with Crippen molar-refractivity contribution in [3.8, 4) is 11.6 Å². The van der Waals surface area contributed by atoms with Crippen LogP contribution in [0.15, 0.2) is 42.9 Å². The Morgan fingerprint density at radius 3 is 2.58 bits per heavy atom. The molecule has 0 saturated heterocycles. The lowest BCUT2D eigenvalue weighted by atomic mass is 9.99. The molecule has 1 aliphatic heterocycles. The van der Waals surface area contributed by atoms with Gasteiger partial charge < -0.3 is 9.80 Å². The topological polar surface area (TPSA) is 70.9 Å². The largest absolute Gasteiger partial charge is 0.363 e. The van der Waals surface area contributed by atoms with Gasteiger partial charge >= 0.3 is 0 Å². The number of hydrogen-bond acceptors (Lipinski definition) is 7. The van der Waals surface area contributed by atoms with Crippen LogP contribution >= 0.6 is 0 Å². The standard InChI is InChI=1S/C19H21N7/c1-13-14-12-22-19(18-20-9-5-10-21-18)23-15(14)8-11-26(13)17-7-4-6-16(24-17)25(2)3/h4-7,9-10,12-13H,8,11H2,1-3H3. The number of anilines is 2. The molecule has 7 nitrogen and oxygen atoms in total. The lowest BCUT2D eigenvalue weighted by molar-refractivity contribution is 0.602. The third-order valence-corrected chi connectivity index (χ3v) is 4.65. The molecule has 0 saturated carbocycles. The van der Waals surface area contributed by atoms with Crippen molar-refractivity contribution in [2.45, 2.75) is 19.4 Å². The average molecular weight is 347 g/mol. The van der Waals surface area contributed by atoms with E-state index in [1.807, 2.05) is 37.3 Å². The highest BCUT2D eigenvalue weighted by atomic mass is 15.2. The van der Waals surface area contributed by atoms with Gasteiger partial charge in [0.2, 0.25) is 0 Å². The molecule has 4 rings (SSSR count). The molecule has 0 amide bonds. The van der Waals surface area contributed by atoms with Crippen LogP contribution in [-0.4, -0.2) is 45.6 Å². The first-order chi connectivity index (χ1) is 12.6. The predicted molar refractivity (Wildman–Crippen MR) is 101 cm³/mol. The molecule has 0 radical (unpaired) electrons. The normalized spacial score (nSPS) is 16.3. The van der Waals surface area contributed by atoms with Crippen LogP contribution in [0.25, 0.3) is 11.6 Å². The van der Waals surface area contributed by atoms with Gasteiger partial charge in [-0.15, -0.1) is 0 Å². The predicted octanol–water partition coefficient (Wildman–Crippen LogP) is 2.52. The van der Waals surface area contributed by atoms with E-state index >= 15 is 0 Å². The molecule has 132 valence electrons. The van der Waals surface area contributed by atoms with Crippen LogP contribution in [0.5, 0.6) is 0 Å². The van der Waals surface area contributed by atoms with E-state index in [0.29, 0.717) is 11.6 Å². The lowest BCUT2D eigenvalue weighted by Gasteiger charge is -2.35. The van der Waals surface area contributed by atoms with Gasteiger partial charge in [0.15, 0.2) is 11.6 Å². The molecule has 1 unspecified atom stereocenters. The molecule has 0 bridgehead atoms. The van der Waals surface area contributed by atoms with Crippen LogP contribution < -0.4 is 9.80 Å². The van der Waals surface area contributed by atoms with Gasteiger partial charge in [-0.3, -0.25) is 0 Å². The zero-order chi connectivity index (χ0) is 18.1. The monoisotopic (exact) mass is 347 g/mol. The molecule has 0 aliphatic carbocycles. The maximum absolute atomic E-state index is 4.78. The first-order valence-corrected chi connectivity index (χ1v) is 8.67. The van der Waals surface area contributed by atoms with Crippen molar-refractivity contribution in [1.29, 1.82) is 0 Å². The van der Waals surface area contributed by atoms with Gasteiger partial charge in [0.05, 0.1) is 11.7 Å². The Labute approximate surface area is 152 Å². The van der Waals surface area contributed by atoms with Crippen molar-refractivity contribution in [2.75, 3.05) is 30.4 Å². The first-order valence-electron chi connectivity index (χ1n) is 8.67. The van der Waals surface area contributed by atoms with Crippen LogP contribution in [0, 0.1) is 0 Å². The van der Waals surface area contributed by atoms with Crippen molar-refractivity contribution < 1.29 is 0 Å². The van der Waals surface area contributed by atoms with Crippen molar-refractivity contribution in [1.82, 2.24) is 24.9 Å². The third kappa shape index (κ3) is 2.96. The molecule has 0 aromatic carbocycles. The van der Waals surface area contributed by atoms with Crippen LogP contribution in [0.1, 0.15) is 24.2 Å². The first kappa shape index (κ1) is 16.4. The maximum atomic E-state index is 4.78. The number of rotatable bonds is 3. The summed E-state index contributed by atoms with van der Waals surface area (Å²) in [6, 6.07) is 8.07. The van der Waals surface area contributed by atoms with Gasteiger partial charge in [0.25, 0.3) is 0 Å². The highest BCUT2D eigenvalue weighted by Gasteiger charge is 2.27. The number of aromatic nitrogens is 5. The molecule has 0 N–H and O–H groups in total. The van der Waals surface area contributed by atoms with E-state index in [1.54, 1.807) is 18.5 Å². The average Bonchev–Trinajstić information content (AvgIpc) is 2.69. The molecule has 3 aromatic heterocycles. The number of fused-ring (bicyclic) bond motifs is 1. The van der Waals surface area contributed by atoms with Crippen LogP contribution in [0.3, 0.4) is 0 Å². The van der Waals surface area contributed by atoms with Crippen LogP contribution in [0.4, 0.5) is 11.6 Å². The number of nitrogens with zero attached hydrogens (tertiary/aromatic N) is 7. The lowest BCUT2D eigenvalue weighted by Crippen LogP contribution is -2.35. The van der Waals surface area contributed by atoms with E-state index in [2.05, 4.69) is 32.8 Å². The summed E-state index contributed by atoms with van der Waals surface area (Å²) >= 11 is 0. The summed E-state index contributed by atoms with van der Waals surface area (Å²) in [5.74, 6) is 3.07. The SMILES string of the molecule is CC1c2cnc(-c3ncccn3)nc2CCN1c1cccc(N(C)C)n1. The van der Waals surface area contributed by atoms with Crippen molar-refractivity contribution in [3.05, 3.63) is 54.1 Å². The van der Waals surface area contributed by atoms with Gasteiger partial charge in [-0.05, 0) is 25.1 Å². The Hall–Kier alpha value is -3.09. The number of pyridine rings is 1. The van der Waals surface area contributed by atoms with Crippen LogP contribution in [-0.2, 0) is 6.42 Å². The second kappa shape index (κ2) is 6.67. The van der Waals surface area contributed by atoms with Crippen LogP contribution in [0.2, 0.25) is 0 Å². The Balaban J connectivity index is 1.65. The third-order valence-electron chi connectivity index (χ3n) is 4.65. The Morgan fingerprint density at radius 2 is 1.81 bits per heavy atom. The van der Waals surface area contributed by atoms with E-state index in [4.69, 9.17) is 9.97 Å². The van der Waals surface area contributed by atoms with Gasteiger partial charge in [0.1, 0.15) is 11.6 Å². The van der Waals surface area contributed by atoms with Crippen molar-refractivity contribution >= 4 is 11.6 Å². The van der Waals surface area contributed by atoms with E-state index in [1.165, 1.54) is 0 Å². The summed E-state index contributed by atoms with van der Waals surface area (Å²) in [6.07, 6.45) is 6.16. The molecule has 1 atom stereocenters. The quantitative estimate of drug-likeness (QED) is 0.721. The van der Waals surface area contributed by atoms with Gasteiger partial charge in [-0.25, -0.2) is 24.9 Å². The Morgan fingerprint density at radius 1 is 1.00 bits per heavy atom. The van der Waals surface area contributed by atoms with Crippen molar-refractivity contribution in [3.63, 3.8) is 0 Å². The molecule has 26 heavy (non-hydrogen) atoms. The van der Waals surface area contributed by atoms with E-state index in [-0.39, 0.29) is 6.04 Å². The molecular formula is C19H21N7. The molecule has 3 aromatic rings. The molecule has 1 aliphatic rings. The summed E-state index contributed by atoms with van der Waals surface area (Å²) in [4.78, 5) is 26.8. The summed E-state index contributed by atoms with van der Waals surface area (Å²) in [5.41, 5.74) is 2.20. The molecule has 4 heterocycles. The van der Waals surface area contributed by atoms with E-state index in [0.717, 1.165) is 35.9 Å². The molecule has 7 heteroatoms. The van der Waals surface area contributed by atoms with E-state index in [9.17, 15) is 0 Å². The summed E-state index contributed by atoms with van der Waals surface area (Å²) < 4.78 is 0.